The van der Waals surface area contributed by atoms with Crippen molar-refractivity contribution < 1.29 is 4.39 Å². The molecule has 0 bridgehead atoms. The molecule has 1 aliphatic heterocycles. The van der Waals surface area contributed by atoms with Gasteiger partial charge < -0.3 is 9.80 Å². The summed E-state index contributed by atoms with van der Waals surface area (Å²) in [7, 11) is 2.09. The highest BCUT2D eigenvalue weighted by Gasteiger charge is 2.21. The van der Waals surface area contributed by atoms with Crippen LogP contribution in [0.4, 0.5) is 10.2 Å². The van der Waals surface area contributed by atoms with Gasteiger partial charge in [-0.1, -0.05) is 11.6 Å². The van der Waals surface area contributed by atoms with Gasteiger partial charge in [0.25, 0.3) is 0 Å². The van der Waals surface area contributed by atoms with Gasteiger partial charge in [0.05, 0.1) is 16.1 Å². The van der Waals surface area contributed by atoms with Crippen LogP contribution in [0, 0.1) is 5.82 Å². The van der Waals surface area contributed by atoms with E-state index >= 15 is 0 Å². The Bertz CT molecular complexity index is 856. The molecule has 1 aliphatic rings. The molecule has 2 aromatic heterocycles. The van der Waals surface area contributed by atoms with Crippen molar-refractivity contribution in [1.82, 2.24) is 29.9 Å². The molecule has 4 rings (SSSR count). The number of aromatic nitrogens is 5. The zero-order valence-electron chi connectivity index (χ0n) is 11.9. The van der Waals surface area contributed by atoms with Crippen LogP contribution in [0.3, 0.4) is 0 Å². The van der Waals surface area contributed by atoms with Gasteiger partial charge in [0.2, 0.25) is 5.65 Å². The molecular formula is C13H13ClFN7. The molecule has 0 atom stereocenters. The van der Waals surface area contributed by atoms with E-state index in [1.165, 1.54) is 16.6 Å². The minimum absolute atomic E-state index is 0.0387. The average Bonchev–Trinajstić information content (AvgIpc) is 2.99. The predicted octanol–water partition coefficient (Wildman–Crippen LogP) is 1.22. The molecule has 0 spiro atoms. The third kappa shape index (κ3) is 2.06. The van der Waals surface area contributed by atoms with Crippen LogP contribution < -0.4 is 4.90 Å². The van der Waals surface area contributed by atoms with E-state index in [1.54, 1.807) is 0 Å². The molecule has 0 aliphatic carbocycles. The molecule has 1 saturated heterocycles. The Morgan fingerprint density at radius 1 is 1.18 bits per heavy atom. The molecular weight excluding hydrogens is 309 g/mol. The minimum Gasteiger partial charge on any atom is -0.351 e. The molecule has 3 heterocycles. The fraction of sp³-hybridized carbons (Fsp3) is 0.385. The highest BCUT2D eigenvalue weighted by molar-refractivity contribution is 6.31. The molecule has 0 unspecified atom stereocenters. The van der Waals surface area contributed by atoms with Crippen LogP contribution in [-0.2, 0) is 0 Å². The van der Waals surface area contributed by atoms with Gasteiger partial charge in [-0.05, 0) is 23.5 Å². The summed E-state index contributed by atoms with van der Waals surface area (Å²) < 4.78 is 15.2. The van der Waals surface area contributed by atoms with Crippen LogP contribution in [0.1, 0.15) is 0 Å². The number of hydrogen-bond acceptors (Lipinski definition) is 6. The van der Waals surface area contributed by atoms with Crippen LogP contribution in [0.25, 0.3) is 16.7 Å². The quantitative estimate of drug-likeness (QED) is 0.671. The number of halogens is 2. The maximum atomic E-state index is 13.7. The average molecular weight is 322 g/mol. The van der Waals surface area contributed by atoms with E-state index in [9.17, 15) is 4.39 Å². The predicted molar refractivity (Wildman–Crippen MR) is 80.8 cm³/mol. The molecule has 0 amide bonds. The van der Waals surface area contributed by atoms with Crippen molar-refractivity contribution in [1.29, 1.82) is 0 Å². The molecule has 22 heavy (non-hydrogen) atoms. The monoisotopic (exact) mass is 321 g/mol. The fourth-order valence-electron chi connectivity index (χ4n) is 2.67. The van der Waals surface area contributed by atoms with E-state index in [1.807, 2.05) is 0 Å². The molecule has 0 N–H and O–H groups in total. The summed E-state index contributed by atoms with van der Waals surface area (Å²) in [6, 6.07) is 2.81. The van der Waals surface area contributed by atoms with Crippen LogP contribution in [0.5, 0.6) is 0 Å². The van der Waals surface area contributed by atoms with Gasteiger partial charge in [0.1, 0.15) is 5.82 Å². The Hall–Kier alpha value is -2.06. The topological polar surface area (TPSA) is 62.5 Å². The minimum atomic E-state index is -0.514. The Kier molecular flexibility index (Phi) is 3.08. The molecule has 1 aromatic carbocycles. The van der Waals surface area contributed by atoms with Crippen molar-refractivity contribution in [2.24, 2.45) is 0 Å². The summed E-state index contributed by atoms with van der Waals surface area (Å²) >= 11 is 5.87. The number of benzene rings is 1. The molecule has 0 radical (unpaired) electrons. The van der Waals surface area contributed by atoms with Gasteiger partial charge in [0.15, 0.2) is 5.82 Å². The maximum Gasteiger partial charge on any atom is 0.222 e. The molecule has 114 valence electrons. The molecule has 9 heteroatoms. The SMILES string of the molecule is CN1CCN(c2nc3cc(Cl)c(F)cc3n3nnnc23)CC1. The largest absolute Gasteiger partial charge is 0.351 e. The van der Waals surface area contributed by atoms with Crippen molar-refractivity contribution in [2.45, 2.75) is 0 Å². The lowest BCUT2D eigenvalue weighted by Crippen LogP contribution is -2.45. The second-order valence-corrected chi connectivity index (χ2v) is 5.80. The zero-order chi connectivity index (χ0) is 15.3. The summed E-state index contributed by atoms with van der Waals surface area (Å²) in [6.07, 6.45) is 0. The molecule has 0 saturated carbocycles. The Balaban J connectivity index is 1.93. The summed E-state index contributed by atoms with van der Waals surface area (Å²) in [5.74, 6) is 0.188. The third-order valence-electron chi connectivity index (χ3n) is 3.94. The standard InChI is InChI=1S/C13H13ClFN7/c1-20-2-4-21(5-3-20)12-13-17-18-19-22(13)11-7-9(15)8(14)6-10(11)16-12/h6-7H,2-5H2,1H3. The summed E-state index contributed by atoms with van der Waals surface area (Å²) in [4.78, 5) is 9.01. The Morgan fingerprint density at radius 2 is 1.95 bits per heavy atom. The van der Waals surface area contributed by atoms with Crippen molar-refractivity contribution in [3.63, 3.8) is 0 Å². The van der Waals surface area contributed by atoms with Gasteiger partial charge in [-0.3, -0.25) is 0 Å². The van der Waals surface area contributed by atoms with E-state index in [0.29, 0.717) is 22.5 Å². The van der Waals surface area contributed by atoms with E-state index in [4.69, 9.17) is 11.6 Å². The molecule has 3 aromatic rings. The van der Waals surface area contributed by atoms with Crippen molar-refractivity contribution in [3.05, 3.63) is 23.0 Å². The highest BCUT2D eigenvalue weighted by Crippen LogP contribution is 2.26. The second kappa shape index (κ2) is 4.99. The number of rotatable bonds is 1. The van der Waals surface area contributed by atoms with Gasteiger partial charge >= 0.3 is 0 Å². The number of tetrazole rings is 1. The lowest BCUT2D eigenvalue weighted by molar-refractivity contribution is 0.312. The summed E-state index contributed by atoms with van der Waals surface area (Å²) in [5.41, 5.74) is 1.60. The van der Waals surface area contributed by atoms with Crippen molar-refractivity contribution >= 4 is 34.1 Å². The smallest absolute Gasteiger partial charge is 0.222 e. The number of anilines is 1. The number of hydrogen-bond donors (Lipinski definition) is 0. The second-order valence-electron chi connectivity index (χ2n) is 5.40. The van der Waals surface area contributed by atoms with E-state index < -0.39 is 5.82 Å². The molecule has 1 fully saturated rings. The van der Waals surface area contributed by atoms with Crippen LogP contribution in [0.15, 0.2) is 12.1 Å². The number of likely N-dealkylation sites (N-methyl/N-ethyl adjacent to an activating group) is 1. The molecule has 7 nitrogen and oxygen atoms in total. The van der Waals surface area contributed by atoms with Gasteiger partial charge in [0, 0.05) is 32.2 Å². The van der Waals surface area contributed by atoms with E-state index in [-0.39, 0.29) is 5.02 Å². The first-order valence-corrected chi connectivity index (χ1v) is 7.31. The van der Waals surface area contributed by atoms with Crippen LogP contribution in [-0.4, -0.2) is 63.2 Å². The Labute approximate surface area is 130 Å². The first kappa shape index (κ1) is 13.6. The first-order chi connectivity index (χ1) is 10.6. The third-order valence-corrected chi connectivity index (χ3v) is 4.23. The van der Waals surface area contributed by atoms with E-state index in [2.05, 4.69) is 37.4 Å². The number of fused-ring (bicyclic) bond motifs is 3. The normalized spacial score (nSPS) is 16.8. The van der Waals surface area contributed by atoms with Crippen molar-refractivity contribution in [3.8, 4) is 0 Å². The van der Waals surface area contributed by atoms with Gasteiger partial charge in [-0.25, -0.2) is 9.37 Å². The van der Waals surface area contributed by atoms with Crippen LogP contribution >= 0.6 is 11.6 Å². The zero-order valence-corrected chi connectivity index (χ0v) is 12.6. The first-order valence-electron chi connectivity index (χ1n) is 6.94. The van der Waals surface area contributed by atoms with Gasteiger partial charge in [-0.15, -0.1) is 5.10 Å². The van der Waals surface area contributed by atoms with Crippen LogP contribution in [0.2, 0.25) is 5.02 Å². The number of nitrogens with zero attached hydrogens (tertiary/aromatic N) is 7. The van der Waals surface area contributed by atoms with Crippen molar-refractivity contribution in [2.75, 3.05) is 38.1 Å². The maximum absolute atomic E-state index is 13.7. The fourth-order valence-corrected chi connectivity index (χ4v) is 2.83. The van der Waals surface area contributed by atoms with Gasteiger partial charge in [-0.2, -0.15) is 4.52 Å². The summed E-state index contributed by atoms with van der Waals surface area (Å²) in [6.45, 7) is 3.56. The number of piperazine rings is 1. The highest BCUT2D eigenvalue weighted by atomic mass is 35.5. The summed E-state index contributed by atoms with van der Waals surface area (Å²) in [5, 5.41) is 11.7. The lowest BCUT2D eigenvalue weighted by atomic mass is 10.2. The van der Waals surface area contributed by atoms with E-state index in [0.717, 1.165) is 26.2 Å². The Morgan fingerprint density at radius 3 is 2.73 bits per heavy atom. The lowest BCUT2D eigenvalue weighted by Gasteiger charge is -2.33.